The standard InChI is InChI=1S/C16H25NO2/c1-2-11-19-14-16(18)9-6-10-17(13-16)12-15-7-4-3-5-8-15/h3-5,7-8,18H,2,6,9-14H2,1H3. The van der Waals surface area contributed by atoms with E-state index in [0.29, 0.717) is 13.2 Å². The molecular formula is C16H25NO2. The first-order valence-electron chi connectivity index (χ1n) is 7.28. The van der Waals surface area contributed by atoms with Crippen molar-refractivity contribution in [1.29, 1.82) is 0 Å². The summed E-state index contributed by atoms with van der Waals surface area (Å²) in [7, 11) is 0. The van der Waals surface area contributed by atoms with Crippen LogP contribution in [0.25, 0.3) is 0 Å². The zero-order valence-corrected chi connectivity index (χ0v) is 11.8. The van der Waals surface area contributed by atoms with Crippen LogP contribution in [0.5, 0.6) is 0 Å². The first-order valence-corrected chi connectivity index (χ1v) is 7.28. The lowest BCUT2D eigenvalue weighted by molar-refractivity contribution is -0.0888. The second-order valence-corrected chi connectivity index (χ2v) is 5.58. The molecule has 2 rings (SSSR count). The van der Waals surface area contributed by atoms with Crippen LogP contribution in [0.1, 0.15) is 31.7 Å². The van der Waals surface area contributed by atoms with E-state index in [4.69, 9.17) is 4.74 Å². The molecule has 3 heteroatoms. The summed E-state index contributed by atoms with van der Waals surface area (Å²) >= 11 is 0. The van der Waals surface area contributed by atoms with E-state index >= 15 is 0 Å². The summed E-state index contributed by atoms with van der Waals surface area (Å²) in [5.74, 6) is 0. The van der Waals surface area contributed by atoms with Gasteiger partial charge in [-0.2, -0.15) is 0 Å². The fourth-order valence-electron chi connectivity index (χ4n) is 2.71. The fourth-order valence-corrected chi connectivity index (χ4v) is 2.71. The summed E-state index contributed by atoms with van der Waals surface area (Å²) in [5.41, 5.74) is 0.642. The third kappa shape index (κ3) is 4.60. The van der Waals surface area contributed by atoms with Crippen molar-refractivity contribution >= 4 is 0 Å². The van der Waals surface area contributed by atoms with Gasteiger partial charge in [-0.3, -0.25) is 4.90 Å². The van der Waals surface area contributed by atoms with Crippen LogP contribution in [0.2, 0.25) is 0 Å². The molecule has 1 aliphatic heterocycles. The highest BCUT2D eigenvalue weighted by molar-refractivity contribution is 5.14. The van der Waals surface area contributed by atoms with Gasteiger partial charge in [-0.05, 0) is 31.4 Å². The van der Waals surface area contributed by atoms with Crippen molar-refractivity contribution < 1.29 is 9.84 Å². The quantitative estimate of drug-likeness (QED) is 0.800. The maximum Gasteiger partial charge on any atom is 0.101 e. The molecule has 1 heterocycles. The first kappa shape index (κ1) is 14.5. The number of hydrogen-bond donors (Lipinski definition) is 1. The molecule has 0 aliphatic carbocycles. The number of nitrogens with zero attached hydrogens (tertiary/aromatic N) is 1. The van der Waals surface area contributed by atoms with Gasteiger partial charge in [0.05, 0.1) is 6.61 Å². The monoisotopic (exact) mass is 263 g/mol. The first-order chi connectivity index (χ1) is 9.22. The van der Waals surface area contributed by atoms with Crippen molar-refractivity contribution in [2.45, 2.75) is 38.3 Å². The summed E-state index contributed by atoms with van der Waals surface area (Å²) in [6.07, 6.45) is 2.89. The SMILES string of the molecule is CCCOCC1(O)CCCN(Cc2ccccc2)C1. The molecule has 0 spiro atoms. The molecule has 1 N–H and O–H groups in total. The van der Waals surface area contributed by atoms with Crippen LogP contribution in [0, 0.1) is 0 Å². The van der Waals surface area contributed by atoms with Gasteiger partial charge in [0.2, 0.25) is 0 Å². The largest absolute Gasteiger partial charge is 0.386 e. The maximum atomic E-state index is 10.6. The summed E-state index contributed by atoms with van der Waals surface area (Å²) in [6, 6.07) is 10.4. The summed E-state index contributed by atoms with van der Waals surface area (Å²) < 4.78 is 5.55. The van der Waals surface area contributed by atoms with Crippen molar-refractivity contribution in [2.24, 2.45) is 0 Å². The Balaban J connectivity index is 1.86. The average Bonchev–Trinajstić information content (AvgIpc) is 2.40. The van der Waals surface area contributed by atoms with Gasteiger partial charge >= 0.3 is 0 Å². The van der Waals surface area contributed by atoms with Crippen molar-refractivity contribution in [2.75, 3.05) is 26.3 Å². The number of rotatable bonds is 6. The zero-order valence-electron chi connectivity index (χ0n) is 11.8. The number of piperidine rings is 1. The number of ether oxygens (including phenoxy) is 1. The zero-order chi connectivity index (χ0) is 13.6. The molecule has 1 aromatic carbocycles. The lowest BCUT2D eigenvalue weighted by atomic mass is 9.93. The van der Waals surface area contributed by atoms with E-state index < -0.39 is 5.60 Å². The Hall–Kier alpha value is -0.900. The predicted octanol–water partition coefficient (Wildman–Crippen LogP) is 2.44. The summed E-state index contributed by atoms with van der Waals surface area (Å²) in [5, 5.41) is 10.6. The third-order valence-corrected chi connectivity index (χ3v) is 3.60. The van der Waals surface area contributed by atoms with E-state index in [1.807, 2.05) is 6.07 Å². The number of benzene rings is 1. The molecule has 0 aromatic heterocycles. The van der Waals surface area contributed by atoms with Crippen LogP contribution >= 0.6 is 0 Å². The van der Waals surface area contributed by atoms with E-state index in [1.165, 1.54) is 5.56 Å². The molecule has 1 atom stereocenters. The molecule has 1 aliphatic rings. The van der Waals surface area contributed by atoms with Gasteiger partial charge in [0, 0.05) is 19.7 Å². The van der Waals surface area contributed by atoms with Gasteiger partial charge in [0.25, 0.3) is 0 Å². The lowest BCUT2D eigenvalue weighted by Crippen LogP contribution is -2.50. The minimum absolute atomic E-state index is 0.464. The summed E-state index contributed by atoms with van der Waals surface area (Å²) in [4.78, 5) is 2.33. The Morgan fingerprint density at radius 3 is 2.84 bits per heavy atom. The molecule has 106 valence electrons. The van der Waals surface area contributed by atoms with Crippen molar-refractivity contribution in [3.8, 4) is 0 Å². The predicted molar refractivity (Wildman–Crippen MR) is 77.0 cm³/mol. The highest BCUT2D eigenvalue weighted by atomic mass is 16.5. The van der Waals surface area contributed by atoms with E-state index in [1.54, 1.807) is 0 Å². The van der Waals surface area contributed by atoms with Crippen LogP contribution < -0.4 is 0 Å². The van der Waals surface area contributed by atoms with E-state index in [-0.39, 0.29) is 0 Å². The normalized spacial score (nSPS) is 24.5. The van der Waals surface area contributed by atoms with Gasteiger partial charge in [-0.25, -0.2) is 0 Å². The highest BCUT2D eigenvalue weighted by Crippen LogP contribution is 2.23. The Kier molecular flexibility index (Phi) is 5.37. The summed E-state index contributed by atoms with van der Waals surface area (Å²) in [6.45, 7) is 5.98. The molecule has 0 amide bonds. The second-order valence-electron chi connectivity index (χ2n) is 5.58. The minimum Gasteiger partial charge on any atom is -0.386 e. The van der Waals surface area contributed by atoms with Gasteiger partial charge in [0.1, 0.15) is 5.60 Å². The Bertz CT molecular complexity index is 368. The molecule has 0 saturated carbocycles. The topological polar surface area (TPSA) is 32.7 Å². The van der Waals surface area contributed by atoms with Gasteiger partial charge in [0.15, 0.2) is 0 Å². The van der Waals surface area contributed by atoms with Crippen molar-refractivity contribution in [3.05, 3.63) is 35.9 Å². The van der Waals surface area contributed by atoms with Gasteiger partial charge in [-0.15, -0.1) is 0 Å². The molecule has 1 unspecified atom stereocenters. The second kappa shape index (κ2) is 7.04. The van der Waals surface area contributed by atoms with Crippen LogP contribution in [0.4, 0.5) is 0 Å². The fraction of sp³-hybridized carbons (Fsp3) is 0.625. The third-order valence-electron chi connectivity index (χ3n) is 3.60. The van der Waals surface area contributed by atoms with E-state index in [2.05, 4.69) is 36.1 Å². The molecule has 19 heavy (non-hydrogen) atoms. The van der Waals surface area contributed by atoms with Crippen molar-refractivity contribution in [1.82, 2.24) is 4.90 Å². The smallest absolute Gasteiger partial charge is 0.101 e. The molecule has 0 bridgehead atoms. The highest BCUT2D eigenvalue weighted by Gasteiger charge is 2.33. The van der Waals surface area contributed by atoms with Crippen LogP contribution in [0.15, 0.2) is 30.3 Å². The van der Waals surface area contributed by atoms with Crippen LogP contribution in [-0.4, -0.2) is 41.9 Å². The van der Waals surface area contributed by atoms with Crippen LogP contribution in [-0.2, 0) is 11.3 Å². The molecule has 1 aromatic rings. The number of β-amino-alcohol motifs (C(OH)–C–C–N with tert-alkyl or cyclic N) is 1. The Morgan fingerprint density at radius 2 is 2.11 bits per heavy atom. The molecule has 3 nitrogen and oxygen atoms in total. The minimum atomic E-state index is -0.664. The number of aliphatic hydroxyl groups is 1. The molecule has 1 fully saturated rings. The van der Waals surface area contributed by atoms with Gasteiger partial charge < -0.3 is 9.84 Å². The Morgan fingerprint density at radius 1 is 1.32 bits per heavy atom. The number of likely N-dealkylation sites (tertiary alicyclic amines) is 1. The molecule has 1 saturated heterocycles. The van der Waals surface area contributed by atoms with Crippen molar-refractivity contribution in [3.63, 3.8) is 0 Å². The molecular weight excluding hydrogens is 238 g/mol. The average molecular weight is 263 g/mol. The maximum absolute atomic E-state index is 10.6. The lowest BCUT2D eigenvalue weighted by Gasteiger charge is -2.39. The number of hydrogen-bond acceptors (Lipinski definition) is 3. The van der Waals surface area contributed by atoms with E-state index in [0.717, 1.165) is 39.0 Å². The van der Waals surface area contributed by atoms with Gasteiger partial charge in [-0.1, -0.05) is 37.3 Å². The van der Waals surface area contributed by atoms with Crippen LogP contribution in [0.3, 0.4) is 0 Å². The Labute approximate surface area is 116 Å². The molecule has 0 radical (unpaired) electrons. The van der Waals surface area contributed by atoms with E-state index in [9.17, 15) is 5.11 Å².